The van der Waals surface area contributed by atoms with E-state index in [0.717, 1.165) is 76.7 Å². The SMILES string of the molecule is C=CCOOCCCOC1CCC(C(=O)OC2CCC(C3CCC(OCCCOC(=O)C=C)CC3)C(F)C2)CC1. The van der Waals surface area contributed by atoms with Gasteiger partial charge in [0.2, 0.25) is 0 Å². The summed E-state index contributed by atoms with van der Waals surface area (Å²) in [7, 11) is 0. The number of rotatable bonds is 17. The Morgan fingerprint density at radius 3 is 2.00 bits per heavy atom. The van der Waals surface area contributed by atoms with Crippen LogP contribution in [-0.2, 0) is 38.3 Å². The van der Waals surface area contributed by atoms with E-state index >= 15 is 4.39 Å². The van der Waals surface area contributed by atoms with Gasteiger partial charge in [0.05, 0.1) is 37.9 Å². The van der Waals surface area contributed by atoms with Crippen LogP contribution < -0.4 is 0 Å². The number of carbonyl (C=O) groups excluding carboxylic acids is 2. The predicted molar refractivity (Wildman–Crippen MR) is 148 cm³/mol. The fourth-order valence-corrected chi connectivity index (χ4v) is 6.21. The Morgan fingerprint density at radius 1 is 0.750 bits per heavy atom. The molecule has 3 atom stereocenters. The first-order valence-electron chi connectivity index (χ1n) is 15.2. The number of ether oxygens (including phenoxy) is 4. The van der Waals surface area contributed by atoms with Crippen LogP contribution in [0.25, 0.3) is 0 Å². The summed E-state index contributed by atoms with van der Waals surface area (Å²) >= 11 is 0. The van der Waals surface area contributed by atoms with Crippen LogP contribution in [0.2, 0.25) is 0 Å². The molecule has 0 saturated heterocycles. The van der Waals surface area contributed by atoms with Crippen LogP contribution in [0.4, 0.5) is 4.39 Å². The van der Waals surface area contributed by atoms with Gasteiger partial charge in [-0.2, -0.15) is 0 Å². The van der Waals surface area contributed by atoms with Crippen LogP contribution in [0.1, 0.15) is 83.5 Å². The number of hydrogen-bond acceptors (Lipinski definition) is 8. The highest BCUT2D eigenvalue weighted by atomic mass is 19.1. The molecule has 3 fully saturated rings. The summed E-state index contributed by atoms with van der Waals surface area (Å²) in [6, 6.07) is 0. The maximum atomic E-state index is 15.2. The van der Waals surface area contributed by atoms with Crippen LogP contribution in [0, 0.1) is 17.8 Å². The summed E-state index contributed by atoms with van der Waals surface area (Å²) in [5, 5.41) is 0. The van der Waals surface area contributed by atoms with Gasteiger partial charge in [-0.3, -0.25) is 4.79 Å². The second-order valence-electron chi connectivity index (χ2n) is 11.3. The maximum Gasteiger partial charge on any atom is 0.330 e. The van der Waals surface area contributed by atoms with Gasteiger partial charge in [-0.05, 0) is 82.5 Å². The van der Waals surface area contributed by atoms with Gasteiger partial charge in [0.15, 0.2) is 0 Å². The summed E-state index contributed by atoms with van der Waals surface area (Å²) < 4.78 is 37.9. The standard InChI is InChI=1S/C31H49FO8/c1-3-17-38-39-21-6-19-36-26-13-9-24(10-14-26)31(34)40-27-15-16-28(29(32)22-27)23-7-11-25(12-8-23)35-18-5-20-37-30(33)4-2/h3-4,23-29H,1-2,5-22H2. The fourth-order valence-electron chi connectivity index (χ4n) is 6.21. The van der Waals surface area contributed by atoms with Crippen molar-refractivity contribution in [1.29, 1.82) is 0 Å². The largest absolute Gasteiger partial charge is 0.462 e. The van der Waals surface area contributed by atoms with Crippen molar-refractivity contribution in [3.63, 3.8) is 0 Å². The Morgan fingerprint density at radius 2 is 1.38 bits per heavy atom. The van der Waals surface area contributed by atoms with Crippen molar-refractivity contribution >= 4 is 11.9 Å². The van der Waals surface area contributed by atoms with Gasteiger partial charge >= 0.3 is 11.9 Å². The molecule has 40 heavy (non-hydrogen) atoms. The molecule has 0 heterocycles. The molecule has 3 saturated carbocycles. The van der Waals surface area contributed by atoms with Gasteiger partial charge < -0.3 is 18.9 Å². The lowest BCUT2D eigenvalue weighted by Gasteiger charge is -2.39. The van der Waals surface area contributed by atoms with Crippen molar-refractivity contribution in [1.82, 2.24) is 0 Å². The molecular formula is C31H49FO8. The lowest BCUT2D eigenvalue weighted by molar-refractivity contribution is -0.287. The summed E-state index contributed by atoms with van der Waals surface area (Å²) in [5.41, 5.74) is 0. The molecule has 0 aromatic rings. The van der Waals surface area contributed by atoms with E-state index in [1.165, 1.54) is 0 Å². The van der Waals surface area contributed by atoms with Crippen molar-refractivity contribution < 1.29 is 42.7 Å². The third kappa shape index (κ3) is 11.6. The summed E-state index contributed by atoms with van der Waals surface area (Å²) in [6.07, 6.45) is 12.1. The number of halogens is 1. The number of hydrogen-bond donors (Lipinski definition) is 0. The monoisotopic (exact) mass is 568 g/mol. The molecule has 0 aromatic heterocycles. The van der Waals surface area contributed by atoms with Gasteiger partial charge in [-0.1, -0.05) is 12.7 Å². The normalized spacial score (nSPS) is 30.8. The lowest BCUT2D eigenvalue weighted by atomic mass is 9.71. The molecule has 0 spiro atoms. The topological polar surface area (TPSA) is 89.5 Å². The average molecular weight is 569 g/mol. The molecule has 0 bridgehead atoms. The average Bonchev–Trinajstić information content (AvgIpc) is 2.97. The molecule has 3 unspecified atom stereocenters. The van der Waals surface area contributed by atoms with Crippen LogP contribution in [0.5, 0.6) is 0 Å². The van der Waals surface area contributed by atoms with Gasteiger partial charge in [0.1, 0.15) is 18.9 Å². The maximum absolute atomic E-state index is 15.2. The van der Waals surface area contributed by atoms with E-state index < -0.39 is 12.1 Å². The minimum absolute atomic E-state index is 0.0424. The summed E-state index contributed by atoms with van der Waals surface area (Å²) in [4.78, 5) is 33.7. The minimum atomic E-state index is -0.927. The number of carbonyl (C=O) groups is 2. The second kappa shape index (κ2) is 18.6. The highest BCUT2D eigenvalue weighted by Crippen LogP contribution is 2.41. The first kappa shape index (κ1) is 32.7. The molecule has 3 rings (SSSR count). The molecule has 3 aliphatic carbocycles. The summed E-state index contributed by atoms with van der Waals surface area (Å²) in [5.74, 6) is -0.291. The minimum Gasteiger partial charge on any atom is -0.462 e. The smallest absolute Gasteiger partial charge is 0.330 e. The van der Waals surface area contributed by atoms with Gasteiger partial charge in [-0.25, -0.2) is 19.0 Å². The highest BCUT2D eigenvalue weighted by Gasteiger charge is 2.39. The highest BCUT2D eigenvalue weighted by molar-refractivity contribution is 5.81. The lowest BCUT2D eigenvalue weighted by Crippen LogP contribution is -2.39. The molecular weight excluding hydrogens is 519 g/mol. The Kier molecular flexibility index (Phi) is 15.2. The molecule has 228 valence electrons. The van der Waals surface area contributed by atoms with Crippen molar-refractivity contribution in [2.24, 2.45) is 17.8 Å². The third-order valence-electron chi connectivity index (χ3n) is 8.44. The van der Waals surface area contributed by atoms with Crippen molar-refractivity contribution in [2.75, 3.05) is 33.0 Å². The van der Waals surface area contributed by atoms with E-state index in [0.29, 0.717) is 51.8 Å². The number of esters is 2. The van der Waals surface area contributed by atoms with Gasteiger partial charge in [-0.15, -0.1) is 6.58 Å². The van der Waals surface area contributed by atoms with Crippen LogP contribution in [0.15, 0.2) is 25.3 Å². The predicted octanol–water partition coefficient (Wildman–Crippen LogP) is 5.83. The second-order valence-corrected chi connectivity index (χ2v) is 11.3. The third-order valence-corrected chi connectivity index (χ3v) is 8.44. The zero-order chi connectivity index (χ0) is 28.6. The van der Waals surface area contributed by atoms with Crippen LogP contribution in [0.3, 0.4) is 0 Å². The van der Waals surface area contributed by atoms with Crippen molar-refractivity contribution in [2.45, 2.75) is 108 Å². The zero-order valence-electron chi connectivity index (χ0n) is 24.0. The van der Waals surface area contributed by atoms with E-state index in [9.17, 15) is 9.59 Å². The Labute approximate surface area is 238 Å². The first-order valence-corrected chi connectivity index (χ1v) is 15.2. The van der Waals surface area contributed by atoms with E-state index in [4.69, 9.17) is 28.7 Å². The molecule has 9 heteroatoms. The molecule has 0 aromatic carbocycles. The van der Waals surface area contributed by atoms with E-state index in [-0.39, 0.29) is 36.1 Å². The number of alkyl halides is 1. The molecule has 8 nitrogen and oxygen atoms in total. The molecule has 0 amide bonds. The van der Waals surface area contributed by atoms with Crippen LogP contribution >= 0.6 is 0 Å². The molecule has 0 N–H and O–H groups in total. The van der Waals surface area contributed by atoms with Crippen LogP contribution in [-0.4, -0.2) is 69.5 Å². The first-order chi connectivity index (χ1) is 19.5. The van der Waals surface area contributed by atoms with E-state index in [2.05, 4.69) is 13.2 Å². The van der Waals surface area contributed by atoms with E-state index in [1.807, 2.05) is 0 Å². The molecule has 3 aliphatic rings. The summed E-state index contributed by atoms with van der Waals surface area (Å²) in [6.45, 7) is 9.25. The van der Waals surface area contributed by atoms with Crippen molar-refractivity contribution in [3.8, 4) is 0 Å². The quantitative estimate of drug-likeness (QED) is 0.0541. The van der Waals surface area contributed by atoms with Crippen molar-refractivity contribution in [3.05, 3.63) is 25.3 Å². The Balaban J connectivity index is 1.24. The van der Waals surface area contributed by atoms with E-state index in [1.54, 1.807) is 6.08 Å². The molecule has 0 radical (unpaired) electrons. The van der Waals surface area contributed by atoms with Gasteiger partial charge in [0.25, 0.3) is 0 Å². The Hall–Kier alpha value is -1.81. The zero-order valence-corrected chi connectivity index (χ0v) is 24.0. The fraction of sp³-hybridized carbons (Fsp3) is 0.806. The Bertz CT molecular complexity index is 760. The van der Waals surface area contributed by atoms with Gasteiger partial charge in [0, 0.05) is 25.5 Å². The molecule has 0 aliphatic heterocycles.